The number of hydrogen-bond acceptors (Lipinski definition) is 3. The molecule has 0 aliphatic carbocycles. The fourth-order valence-electron chi connectivity index (χ4n) is 3.90. The average Bonchev–Trinajstić information content (AvgIpc) is 2.79. The van der Waals surface area contributed by atoms with Gasteiger partial charge in [0.15, 0.2) is 0 Å². The Labute approximate surface area is 178 Å². The van der Waals surface area contributed by atoms with Crippen molar-refractivity contribution >= 4 is 5.91 Å². The van der Waals surface area contributed by atoms with Gasteiger partial charge in [-0.2, -0.15) is 13.2 Å². The van der Waals surface area contributed by atoms with Crippen molar-refractivity contribution in [2.24, 2.45) is 0 Å². The molecule has 31 heavy (non-hydrogen) atoms. The van der Waals surface area contributed by atoms with E-state index in [2.05, 4.69) is 9.97 Å². The Morgan fingerprint density at radius 2 is 1.87 bits per heavy atom. The Balaban J connectivity index is 1.50. The molecule has 2 heterocycles. The number of amides is 1. The number of rotatable bonds is 4. The van der Waals surface area contributed by atoms with Gasteiger partial charge in [0.1, 0.15) is 0 Å². The van der Waals surface area contributed by atoms with Gasteiger partial charge in [0, 0.05) is 30.8 Å². The molecule has 1 fully saturated rings. The lowest BCUT2D eigenvalue weighted by Gasteiger charge is -2.32. The molecule has 0 bridgehead atoms. The predicted molar refractivity (Wildman–Crippen MR) is 111 cm³/mol. The molecule has 1 saturated heterocycles. The van der Waals surface area contributed by atoms with E-state index in [1.165, 1.54) is 12.3 Å². The summed E-state index contributed by atoms with van der Waals surface area (Å²) < 4.78 is 39.2. The summed E-state index contributed by atoms with van der Waals surface area (Å²) in [6, 6.07) is 14.7. The average molecular weight is 425 g/mol. The highest BCUT2D eigenvalue weighted by atomic mass is 19.4. The van der Waals surface area contributed by atoms with Crippen LogP contribution in [0.2, 0.25) is 0 Å². The minimum absolute atomic E-state index is 0.00622. The molecule has 160 valence electrons. The number of carbonyl (C=O) groups is 1. The molecule has 0 saturated carbocycles. The summed E-state index contributed by atoms with van der Waals surface area (Å²) in [5.74, 6) is 0.0737. The van der Waals surface area contributed by atoms with Crippen LogP contribution in [-0.2, 0) is 17.4 Å². The van der Waals surface area contributed by atoms with Crippen molar-refractivity contribution in [2.45, 2.75) is 31.4 Å². The third-order valence-electron chi connectivity index (χ3n) is 5.53. The van der Waals surface area contributed by atoms with Crippen molar-refractivity contribution in [3.63, 3.8) is 0 Å². The van der Waals surface area contributed by atoms with E-state index in [1.54, 1.807) is 12.3 Å². The van der Waals surface area contributed by atoms with E-state index < -0.39 is 11.7 Å². The van der Waals surface area contributed by atoms with Gasteiger partial charge in [-0.05, 0) is 30.5 Å². The highest BCUT2D eigenvalue weighted by Crippen LogP contribution is 2.32. The minimum atomic E-state index is -4.41. The fraction of sp³-hybridized carbons (Fsp3) is 0.292. The number of nitrogens with zero attached hydrogens (tertiary/aromatic N) is 3. The third kappa shape index (κ3) is 5.10. The van der Waals surface area contributed by atoms with Crippen molar-refractivity contribution in [1.82, 2.24) is 14.9 Å². The van der Waals surface area contributed by atoms with Crippen LogP contribution < -0.4 is 0 Å². The van der Waals surface area contributed by atoms with Crippen molar-refractivity contribution in [1.29, 1.82) is 0 Å². The van der Waals surface area contributed by atoms with E-state index >= 15 is 0 Å². The number of aromatic nitrogens is 2. The largest absolute Gasteiger partial charge is 0.416 e. The molecular formula is C24H22F3N3O. The molecule has 1 amide bonds. The van der Waals surface area contributed by atoms with Crippen LogP contribution in [0.25, 0.3) is 11.3 Å². The van der Waals surface area contributed by atoms with Crippen LogP contribution in [0.15, 0.2) is 67.0 Å². The second-order valence-corrected chi connectivity index (χ2v) is 7.75. The summed E-state index contributed by atoms with van der Waals surface area (Å²) >= 11 is 0. The lowest BCUT2D eigenvalue weighted by Crippen LogP contribution is -2.40. The smallest absolute Gasteiger partial charge is 0.342 e. The quantitative estimate of drug-likeness (QED) is 0.584. The Morgan fingerprint density at radius 3 is 2.65 bits per heavy atom. The Bertz CT molecular complexity index is 1050. The van der Waals surface area contributed by atoms with Crippen molar-refractivity contribution < 1.29 is 18.0 Å². The first-order valence-electron chi connectivity index (χ1n) is 10.2. The second kappa shape index (κ2) is 8.88. The maximum absolute atomic E-state index is 13.1. The summed E-state index contributed by atoms with van der Waals surface area (Å²) in [7, 11) is 0. The standard InChI is InChI=1S/C24H22F3N3O/c25-24(26,27)20-10-4-8-18(13-20)21-14-28-15-22(29-21)19-9-5-11-30(16-19)23(31)12-17-6-2-1-3-7-17/h1-4,6-8,10,13-15,19H,5,9,11-12,16H2/t19-/m0/s1. The van der Waals surface area contributed by atoms with Crippen LogP contribution in [0.3, 0.4) is 0 Å². The number of likely N-dealkylation sites (tertiary alicyclic amines) is 1. The van der Waals surface area contributed by atoms with E-state index in [0.717, 1.165) is 30.5 Å². The third-order valence-corrected chi connectivity index (χ3v) is 5.53. The summed E-state index contributed by atoms with van der Waals surface area (Å²) in [5, 5.41) is 0. The Hall–Kier alpha value is -3.22. The maximum atomic E-state index is 13.1. The topological polar surface area (TPSA) is 46.1 Å². The highest BCUT2D eigenvalue weighted by Gasteiger charge is 2.31. The zero-order valence-corrected chi connectivity index (χ0v) is 16.8. The predicted octanol–water partition coefficient (Wildman–Crippen LogP) is 5.11. The first-order valence-corrected chi connectivity index (χ1v) is 10.2. The molecule has 3 aromatic rings. The molecule has 0 N–H and O–H groups in total. The molecule has 0 unspecified atom stereocenters. The van der Waals surface area contributed by atoms with Crippen LogP contribution in [-0.4, -0.2) is 33.9 Å². The summed E-state index contributed by atoms with van der Waals surface area (Å²) in [6.07, 6.45) is 0.761. The molecule has 4 rings (SSSR count). The first-order chi connectivity index (χ1) is 14.9. The monoisotopic (exact) mass is 425 g/mol. The van der Waals surface area contributed by atoms with Gasteiger partial charge >= 0.3 is 6.18 Å². The van der Waals surface area contributed by atoms with Gasteiger partial charge in [-0.15, -0.1) is 0 Å². The van der Waals surface area contributed by atoms with Gasteiger partial charge in [0.2, 0.25) is 5.91 Å². The Kier molecular flexibility index (Phi) is 6.02. The molecule has 1 atom stereocenters. The van der Waals surface area contributed by atoms with Crippen LogP contribution in [0, 0.1) is 0 Å². The number of piperidine rings is 1. The minimum Gasteiger partial charge on any atom is -0.342 e. The van der Waals surface area contributed by atoms with Gasteiger partial charge in [0.05, 0.1) is 29.6 Å². The van der Waals surface area contributed by atoms with Gasteiger partial charge in [-0.1, -0.05) is 42.5 Å². The van der Waals surface area contributed by atoms with Gasteiger partial charge in [-0.3, -0.25) is 9.78 Å². The van der Waals surface area contributed by atoms with Crippen molar-refractivity contribution in [3.8, 4) is 11.3 Å². The number of benzene rings is 2. The second-order valence-electron chi connectivity index (χ2n) is 7.75. The SMILES string of the molecule is O=C(Cc1ccccc1)N1CCC[C@H](c2cncc(-c3cccc(C(F)(F)F)c3)n2)C1. The van der Waals surface area contributed by atoms with Crippen LogP contribution >= 0.6 is 0 Å². The number of alkyl halides is 3. The van der Waals surface area contributed by atoms with E-state index in [4.69, 9.17) is 0 Å². The molecule has 4 nitrogen and oxygen atoms in total. The van der Waals surface area contributed by atoms with Gasteiger partial charge in [0.25, 0.3) is 0 Å². The van der Waals surface area contributed by atoms with E-state index in [9.17, 15) is 18.0 Å². The fourth-order valence-corrected chi connectivity index (χ4v) is 3.90. The van der Waals surface area contributed by atoms with Crippen molar-refractivity contribution in [2.75, 3.05) is 13.1 Å². The van der Waals surface area contributed by atoms with Crippen LogP contribution in [0.1, 0.15) is 35.6 Å². The first kappa shape index (κ1) is 21.0. The number of hydrogen-bond donors (Lipinski definition) is 0. The Morgan fingerprint density at radius 1 is 1.06 bits per heavy atom. The lowest BCUT2D eigenvalue weighted by atomic mass is 9.94. The summed E-state index contributed by atoms with van der Waals surface area (Å²) in [6.45, 7) is 1.23. The number of halogens is 3. The molecule has 1 aliphatic rings. The summed E-state index contributed by atoms with van der Waals surface area (Å²) in [4.78, 5) is 23.4. The lowest BCUT2D eigenvalue weighted by molar-refractivity contribution is -0.137. The zero-order chi connectivity index (χ0) is 21.8. The molecule has 2 aromatic carbocycles. The van der Waals surface area contributed by atoms with Crippen LogP contribution in [0.5, 0.6) is 0 Å². The van der Waals surface area contributed by atoms with E-state index in [0.29, 0.717) is 36.5 Å². The molecule has 0 radical (unpaired) electrons. The highest BCUT2D eigenvalue weighted by molar-refractivity contribution is 5.79. The maximum Gasteiger partial charge on any atom is 0.416 e. The molecule has 1 aromatic heterocycles. The molecule has 1 aliphatic heterocycles. The normalized spacial score (nSPS) is 16.9. The summed E-state index contributed by atoms with van der Waals surface area (Å²) in [5.41, 5.74) is 1.73. The van der Waals surface area contributed by atoms with E-state index in [1.807, 2.05) is 35.2 Å². The zero-order valence-electron chi connectivity index (χ0n) is 16.8. The number of carbonyl (C=O) groups excluding carboxylic acids is 1. The van der Waals surface area contributed by atoms with Gasteiger partial charge < -0.3 is 4.90 Å². The van der Waals surface area contributed by atoms with Crippen molar-refractivity contribution in [3.05, 3.63) is 83.8 Å². The molecule has 0 spiro atoms. The molecular weight excluding hydrogens is 403 g/mol. The van der Waals surface area contributed by atoms with Crippen LogP contribution in [0.4, 0.5) is 13.2 Å². The van der Waals surface area contributed by atoms with E-state index in [-0.39, 0.29) is 11.8 Å². The molecule has 7 heteroatoms. The van der Waals surface area contributed by atoms with Gasteiger partial charge in [-0.25, -0.2) is 4.98 Å².